The summed E-state index contributed by atoms with van der Waals surface area (Å²) in [6, 6.07) is 0. The average Bonchev–Trinajstić information content (AvgIpc) is 2.51. The molecule has 23 heavy (non-hydrogen) atoms. The molecule has 0 fully saturated rings. The molecule has 5 heteroatoms. The van der Waals surface area contributed by atoms with Crippen LogP contribution in [-0.4, -0.2) is 44.7 Å². The summed E-state index contributed by atoms with van der Waals surface area (Å²) in [5.74, 6) is -0.929. The van der Waals surface area contributed by atoms with Crippen molar-refractivity contribution in [2.75, 3.05) is 0 Å². The lowest BCUT2D eigenvalue weighted by atomic mass is 10.0. The van der Waals surface area contributed by atoms with Crippen molar-refractivity contribution in [2.24, 2.45) is 0 Å². The van der Waals surface area contributed by atoms with E-state index >= 15 is 0 Å². The van der Waals surface area contributed by atoms with Crippen LogP contribution in [0.1, 0.15) is 77.6 Å². The highest BCUT2D eigenvalue weighted by Gasteiger charge is 2.22. The van der Waals surface area contributed by atoms with Crippen molar-refractivity contribution in [1.29, 1.82) is 0 Å². The molecule has 136 valence electrons. The van der Waals surface area contributed by atoms with Gasteiger partial charge in [0.25, 0.3) is 0 Å². The van der Waals surface area contributed by atoms with Gasteiger partial charge in [0.2, 0.25) is 0 Å². The first-order valence-electron chi connectivity index (χ1n) is 8.91. The minimum atomic E-state index is -1.27. The predicted molar refractivity (Wildman–Crippen MR) is 91.3 cm³/mol. The first-order valence-corrected chi connectivity index (χ1v) is 8.91. The molecule has 3 atom stereocenters. The Balaban J connectivity index is 3.72. The summed E-state index contributed by atoms with van der Waals surface area (Å²) in [5, 5.41) is 37.8. The van der Waals surface area contributed by atoms with Gasteiger partial charge in [0.1, 0.15) is 12.2 Å². The summed E-state index contributed by atoms with van der Waals surface area (Å²) in [4.78, 5) is 10.4. The predicted octanol–water partition coefficient (Wildman–Crippen LogP) is 3.02. The molecule has 0 aromatic carbocycles. The number of hydrogen-bond acceptors (Lipinski definition) is 4. The van der Waals surface area contributed by atoms with Crippen LogP contribution in [0, 0.1) is 0 Å². The fraction of sp³-hybridized carbons (Fsp3) is 0.833. The van der Waals surface area contributed by atoms with E-state index in [9.17, 15) is 20.1 Å². The zero-order chi connectivity index (χ0) is 17.5. The first kappa shape index (κ1) is 22.1. The third-order valence-electron chi connectivity index (χ3n) is 3.94. The van der Waals surface area contributed by atoms with Crippen LogP contribution in [0.3, 0.4) is 0 Å². The Morgan fingerprint density at radius 1 is 0.957 bits per heavy atom. The molecule has 0 aromatic heterocycles. The fourth-order valence-electron chi connectivity index (χ4n) is 2.43. The van der Waals surface area contributed by atoms with Crippen molar-refractivity contribution < 1.29 is 25.2 Å². The molecule has 5 nitrogen and oxygen atoms in total. The number of aliphatic carboxylic acids is 1. The standard InChI is InChI=1S/C18H34O5/c1-2-3-4-5-6-7-8-9-10-12-15(19)18(23)16(20)13-11-14-17(21)22/h10,12,15-16,18-20,23H,2-9,11,13-14H2,1H3,(H,21,22)/b12-10-. The number of aliphatic hydroxyl groups excluding tert-OH is 3. The second-order valence-electron chi connectivity index (χ2n) is 6.17. The van der Waals surface area contributed by atoms with Gasteiger partial charge in [0.05, 0.1) is 6.10 Å². The Hall–Kier alpha value is -0.910. The summed E-state index contributed by atoms with van der Waals surface area (Å²) < 4.78 is 0. The van der Waals surface area contributed by atoms with Gasteiger partial charge in [-0.05, 0) is 25.7 Å². The van der Waals surface area contributed by atoms with Crippen molar-refractivity contribution >= 4 is 5.97 Å². The third-order valence-corrected chi connectivity index (χ3v) is 3.94. The molecule has 0 aliphatic rings. The average molecular weight is 330 g/mol. The summed E-state index contributed by atoms with van der Waals surface area (Å²) >= 11 is 0. The molecule has 3 unspecified atom stereocenters. The summed E-state index contributed by atoms with van der Waals surface area (Å²) in [7, 11) is 0. The molecule has 0 aliphatic heterocycles. The van der Waals surface area contributed by atoms with E-state index in [-0.39, 0.29) is 19.3 Å². The second kappa shape index (κ2) is 14.7. The molecule has 0 rings (SSSR count). The first-order chi connectivity index (χ1) is 11.0. The van der Waals surface area contributed by atoms with Gasteiger partial charge < -0.3 is 20.4 Å². The molecule has 0 amide bonds. The molecule has 0 saturated heterocycles. The van der Waals surface area contributed by atoms with E-state index < -0.39 is 24.3 Å². The minimum Gasteiger partial charge on any atom is -0.481 e. The van der Waals surface area contributed by atoms with E-state index in [4.69, 9.17) is 5.11 Å². The van der Waals surface area contributed by atoms with Gasteiger partial charge in [0, 0.05) is 6.42 Å². The molecule has 0 saturated carbocycles. The Labute approximate surface area is 140 Å². The molecule has 0 heterocycles. The van der Waals surface area contributed by atoms with E-state index in [0.29, 0.717) is 0 Å². The van der Waals surface area contributed by atoms with E-state index in [1.165, 1.54) is 44.6 Å². The zero-order valence-corrected chi connectivity index (χ0v) is 14.4. The van der Waals surface area contributed by atoms with Gasteiger partial charge in [-0.2, -0.15) is 0 Å². The fourth-order valence-corrected chi connectivity index (χ4v) is 2.43. The minimum absolute atomic E-state index is 0.0476. The van der Waals surface area contributed by atoms with Gasteiger partial charge in [-0.3, -0.25) is 4.79 Å². The number of allylic oxidation sites excluding steroid dienone is 1. The van der Waals surface area contributed by atoms with Crippen LogP contribution < -0.4 is 0 Å². The highest BCUT2D eigenvalue weighted by atomic mass is 16.4. The summed E-state index contributed by atoms with van der Waals surface area (Å²) in [6.07, 6.45) is 9.73. The zero-order valence-electron chi connectivity index (χ0n) is 14.4. The van der Waals surface area contributed by atoms with E-state index in [1.54, 1.807) is 0 Å². The molecular weight excluding hydrogens is 296 g/mol. The van der Waals surface area contributed by atoms with Crippen molar-refractivity contribution in [3.05, 3.63) is 12.2 Å². The van der Waals surface area contributed by atoms with Gasteiger partial charge >= 0.3 is 5.97 Å². The quantitative estimate of drug-likeness (QED) is 0.273. The number of aliphatic hydroxyl groups is 3. The molecule has 0 spiro atoms. The van der Waals surface area contributed by atoms with Gasteiger partial charge in [-0.1, -0.05) is 57.6 Å². The monoisotopic (exact) mass is 330 g/mol. The van der Waals surface area contributed by atoms with Crippen LogP contribution in [-0.2, 0) is 4.79 Å². The molecule has 4 N–H and O–H groups in total. The van der Waals surface area contributed by atoms with Gasteiger partial charge in [0.15, 0.2) is 0 Å². The topological polar surface area (TPSA) is 98.0 Å². The van der Waals surface area contributed by atoms with Crippen LogP contribution in [0.15, 0.2) is 12.2 Å². The third kappa shape index (κ3) is 13.2. The lowest BCUT2D eigenvalue weighted by molar-refractivity contribution is -0.137. The molecular formula is C18H34O5. The maximum absolute atomic E-state index is 10.4. The normalized spacial score (nSPS) is 15.7. The van der Waals surface area contributed by atoms with Crippen LogP contribution in [0.5, 0.6) is 0 Å². The van der Waals surface area contributed by atoms with Gasteiger partial charge in [-0.15, -0.1) is 0 Å². The smallest absolute Gasteiger partial charge is 0.303 e. The lowest BCUT2D eigenvalue weighted by Crippen LogP contribution is -2.36. The Kier molecular flexibility index (Phi) is 14.1. The second-order valence-corrected chi connectivity index (χ2v) is 6.17. The molecule has 0 radical (unpaired) electrons. The number of carboxylic acids is 1. The van der Waals surface area contributed by atoms with Crippen LogP contribution in [0.4, 0.5) is 0 Å². The van der Waals surface area contributed by atoms with Crippen LogP contribution in [0.2, 0.25) is 0 Å². The Morgan fingerprint density at radius 2 is 1.57 bits per heavy atom. The van der Waals surface area contributed by atoms with E-state index in [0.717, 1.165) is 12.8 Å². The van der Waals surface area contributed by atoms with E-state index in [1.807, 2.05) is 6.08 Å². The van der Waals surface area contributed by atoms with Crippen molar-refractivity contribution in [1.82, 2.24) is 0 Å². The highest BCUT2D eigenvalue weighted by Crippen LogP contribution is 2.11. The molecule has 0 bridgehead atoms. The number of unbranched alkanes of at least 4 members (excludes halogenated alkanes) is 7. The number of hydrogen-bond donors (Lipinski definition) is 4. The number of rotatable bonds is 15. The number of carbonyl (C=O) groups is 1. The highest BCUT2D eigenvalue weighted by molar-refractivity contribution is 5.66. The lowest BCUT2D eigenvalue weighted by Gasteiger charge is -2.20. The number of carboxylic acid groups (broad SMARTS) is 1. The summed E-state index contributed by atoms with van der Waals surface area (Å²) in [6.45, 7) is 2.20. The van der Waals surface area contributed by atoms with Gasteiger partial charge in [-0.25, -0.2) is 0 Å². The van der Waals surface area contributed by atoms with Crippen LogP contribution >= 0.6 is 0 Å². The Morgan fingerprint density at radius 3 is 2.17 bits per heavy atom. The van der Waals surface area contributed by atoms with Crippen LogP contribution in [0.25, 0.3) is 0 Å². The molecule has 0 aromatic rings. The van der Waals surface area contributed by atoms with Crippen molar-refractivity contribution in [2.45, 2.75) is 95.9 Å². The molecule has 0 aliphatic carbocycles. The van der Waals surface area contributed by atoms with Crippen molar-refractivity contribution in [3.8, 4) is 0 Å². The SMILES string of the molecule is CCCCCCCCC/C=C\C(O)C(O)C(O)CCCC(=O)O. The largest absolute Gasteiger partial charge is 0.481 e. The maximum atomic E-state index is 10.4. The summed E-state index contributed by atoms with van der Waals surface area (Å²) in [5.41, 5.74) is 0. The maximum Gasteiger partial charge on any atom is 0.303 e. The van der Waals surface area contributed by atoms with E-state index in [2.05, 4.69) is 6.92 Å². The van der Waals surface area contributed by atoms with Crippen molar-refractivity contribution in [3.63, 3.8) is 0 Å². The Bertz CT molecular complexity index is 317.